The zero-order valence-electron chi connectivity index (χ0n) is 10.5. The van der Waals surface area contributed by atoms with Crippen LogP contribution in [0.3, 0.4) is 0 Å². The molecule has 92 valence electrons. The van der Waals surface area contributed by atoms with E-state index in [0.29, 0.717) is 6.04 Å². The number of rotatable bonds is 8. The molecule has 16 heavy (non-hydrogen) atoms. The topological polar surface area (TPSA) is 12.0 Å². The van der Waals surface area contributed by atoms with Crippen molar-refractivity contribution in [3.63, 3.8) is 0 Å². The summed E-state index contributed by atoms with van der Waals surface area (Å²) in [6, 6.07) is 4.97. The molecule has 1 aromatic heterocycles. The van der Waals surface area contributed by atoms with Crippen LogP contribution in [-0.2, 0) is 6.42 Å². The van der Waals surface area contributed by atoms with E-state index in [2.05, 4.69) is 55.4 Å². The highest BCUT2D eigenvalue weighted by Crippen LogP contribution is 2.10. The van der Waals surface area contributed by atoms with E-state index in [1.807, 2.05) is 11.3 Å². The van der Waals surface area contributed by atoms with E-state index in [1.165, 1.54) is 16.4 Å². The quantitative estimate of drug-likeness (QED) is 0.763. The third-order valence-corrected chi connectivity index (χ3v) is 4.84. The average molecular weight is 257 g/mol. The average Bonchev–Trinajstić information content (AvgIpc) is 2.70. The maximum absolute atomic E-state index is 3.58. The van der Waals surface area contributed by atoms with Crippen LogP contribution in [0, 0.1) is 5.92 Å². The molecule has 1 heterocycles. The molecule has 0 saturated carbocycles. The van der Waals surface area contributed by atoms with Gasteiger partial charge in [0.05, 0.1) is 0 Å². The normalized spacial score (nSPS) is 13.2. The number of nitrogens with one attached hydrogen (secondary N) is 1. The number of thiophene rings is 1. The molecule has 1 atom stereocenters. The van der Waals surface area contributed by atoms with Crippen molar-refractivity contribution in [1.82, 2.24) is 5.32 Å². The predicted octanol–water partition coefficient (Wildman–Crippen LogP) is 3.66. The molecule has 1 rings (SSSR count). The van der Waals surface area contributed by atoms with E-state index >= 15 is 0 Å². The van der Waals surface area contributed by atoms with Crippen molar-refractivity contribution >= 4 is 23.1 Å². The molecule has 0 aliphatic rings. The van der Waals surface area contributed by atoms with Crippen molar-refractivity contribution in [2.24, 2.45) is 5.92 Å². The molecule has 0 aromatic carbocycles. The maximum atomic E-state index is 3.58. The third kappa shape index (κ3) is 6.56. The molecule has 0 aliphatic carbocycles. The van der Waals surface area contributed by atoms with Gasteiger partial charge in [0.2, 0.25) is 0 Å². The summed E-state index contributed by atoms with van der Waals surface area (Å²) in [6.45, 7) is 7.94. The van der Waals surface area contributed by atoms with E-state index < -0.39 is 0 Å². The second-order valence-electron chi connectivity index (χ2n) is 4.62. The Bertz CT molecular complexity index is 257. The minimum absolute atomic E-state index is 0.628. The van der Waals surface area contributed by atoms with Crippen LogP contribution in [0.1, 0.15) is 25.6 Å². The van der Waals surface area contributed by atoms with Gasteiger partial charge in [0.1, 0.15) is 0 Å². The van der Waals surface area contributed by atoms with E-state index in [0.717, 1.165) is 18.9 Å². The minimum atomic E-state index is 0.628. The summed E-state index contributed by atoms with van der Waals surface area (Å²) in [7, 11) is 0. The van der Waals surface area contributed by atoms with Crippen molar-refractivity contribution in [2.75, 3.05) is 18.1 Å². The van der Waals surface area contributed by atoms with Crippen molar-refractivity contribution in [2.45, 2.75) is 33.2 Å². The fourth-order valence-corrected chi connectivity index (χ4v) is 3.22. The van der Waals surface area contributed by atoms with Crippen LogP contribution in [0.25, 0.3) is 0 Å². The molecule has 0 spiro atoms. The Morgan fingerprint density at radius 2 is 2.12 bits per heavy atom. The van der Waals surface area contributed by atoms with Crippen LogP contribution in [-0.4, -0.2) is 24.1 Å². The van der Waals surface area contributed by atoms with Gasteiger partial charge in [-0.15, -0.1) is 11.3 Å². The van der Waals surface area contributed by atoms with Crippen LogP contribution in [0.4, 0.5) is 0 Å². The molecular weight excluding hydrogens is 234 g/mol. The molecule has 3 heteroatoms. The Morgan fingerprint density at radius 3 is 2.75 bits per heavy atom. The highest BCUT2D eigenvalue weighted by Gasteiger charge is 2.02. The van der Waals surface area contributed by atoms with Gasteiger partial charge in [0, 0.05) is 23.2 Å². The van der Waals surface area contributed by atoms with Gasteiger partial charge in [-0.05, 0) is 36.5 Å². The van der Waals surface area contributed by atoms with Crippen LogP contribution in [0.2, 0.25) is 0 Å². The zero-order chi connectivity index (χ0) is 11.8. The zero-order valence-corrected chi connectivity index (χ0v) is 12.2. The van der Waals surface area contributed by atoms with Gasteiger partial charge in [-0.2, -0.15) is 11.8 Å². The maximum Gasteiger partial charge on any atom is 0.0130 e. The Hall–Kier alpha value is 0.01000. The Morgan fingerprint density at radius 1 is 1.31 bits per heavy atom. The van der Waals surface area contributed by atoms with Gasteiger partial charge in [0.15, 0.2) is 0 Å². The summed E-state index contributed by atoms with van der Waals surface area (Å²) in [5.41, 5.74) is 0. The Balaban J connectivity index is 2.00. The van der Waals surface area contributed by atoms with Crippen molar-refractivity contribution < 1.29 is 0 Å². The molecule has 0 radical (unpaired) electrons. The predicted molar refractivity (Wildman–Crippen MR) is 77.7 cm³/mol. The lowest BCUT2D eigenvalue weighted by Gasteiger charge is -2.13. The van der Waals surface area contributed by atoms with E-state index in [-0.39, 0.29) is 0 Å². The molecule has 0 saturated heterocycles. The van der Waals surface area contributed by atoms with E-state index in [4.69, 9.17) is 0 Å². The third-order valence-electron chi connectivity index (χ3n) is 2.26. The largest absolute Gasteiger partial charge is 0.313 e. The summed E-state index contributed by atoms with van der Waals surface area (Å²) < 4.78 is 0. The summed E-state index contributed by atoms with van der Waals surface area (Å²) >= 11 is 3.91. The Kier molecular flexibility index (Phi) is 7.17. The van der Waals surface area contributed by atoms with Crippen LogP contribution >= 0.6 is 23.1 Å². The molecule has 0 bridgehead atoms. The lowest BCUT2D eigenvalue weighted by Crippen LogP contribution is -2.30. The molecule has 1 N–H and O–H groups in total. The monoisotopic (exact) mass is 257 g/mol. The number of thioether (sulfide) groups is 1. The SMILES string of the molecule is CC(C)CSCC(C)NCCc1cccs1. The van der Waals surface area contributed by atoms with Gasteiger partial charge in [0.25, 0.3) is 0 Å². The first-order valence-electron chi connectivity index (χ1n) is 6.02. The number of hydrogen-bond donors (Lipinski definition) is 1. The van der Waals surface area contributed by atoms with Gasteiger partial charge >= 0.3 is 0 Å². The Labute approximate surface area is 108 Å². The first-order valence-corrected chi connectivity index (χ1v) is 8.05. The van der Waals surface area contributed by atoms with Crippen LogP contribution in [0.15, 0.2) is 17.5 Å². The van der Waals surface area contributed by atoms with Crippen molar-refractivity contribution in [3.05, 3.63) is 22.4 Å². The molecular formula is C13H23NS2. The molecule has 0 amide bonds. The highest BCUT2D eigenvalue weighted by molar-refractivity contribution is 7.99. The van der Waals surface area contributed by atoms with Gasteiger partial charge < -0.3 is 5.32 Å². The summed E-state index contributed by atoms with van der Waals surface area (Å²) in [6.07, 6.45) is 1.16. The smallest absolute Gasteiger partial charge is 0.0130 e. The first kappa shape index (κ1) is 14.1. The fourth-order valence-electron chi connectivity index (χ4n) is 1.44. The highest BCUT2D eigenvalue weighted by atomic mass is 32.2. The van der Waals surface area contributed by atoms with Crippen molar-refractivity contribution in [1.29, 1.82) is 0 Å². The van der Waals surface area contributed by atoms with Crippen molar-refractivity contribution in [3.8, 4) is 0 Å². The molecule has 1 unspecified atom stereocenters. The summed E-state index contributed by atoms with van der Waals surface area (Å²) in [5.74, 6) is 3.31. The summed E-state index contributed by atoms with van der Waals surface area (Å²) in [4.78, 5) is 1.48. The molecule has 0 fully saturated rings. The van der Waals surface area contributed by atoms with E-state index in [9.17, 15) is 0 Å². The molecule has 0 aliphatic heterocycles. The first-order chi connectivity index (χ1) is 7.68. The van der Waals surface area contributed by atoms with Gasteiger partial charge in [-0.1, -0.05) is 19.9 Å². The van der Waals surface area contributed by atoms with Gasteiger partial charge in [-0.25, -0.2) is 0 Å². The lowest BCUT2D eigenvalue weighted by atomic mass is 10.3. The fraction of sp³-hybridized carbons (Fsp3) is 0.692. The minimum Gasteiger partial charge on any atom is -0.313 e. The van der Waals surface area contributed by atoms with Gasteiger partial charge in [-0.3, -0.25) is 0 Å². The second-order valence-corrected chi connectivity index (χ2v) is 6.72. The van der Waals surface area contributed by atoms with Crippen LogP contribution < -0.4 is 5.32 Å². The van der Waals surface area contributed by atoms with Crippen LogP contribution in [0.5, 0.6) is 0 Å². The summed E-state index contributed by atoms with van der Waals surface area (Å²) in [5, 5.41) is 5.73. The standard InChI is InChI=1S/C13H23NS2/c1-11(2)9-15-10-12(3)14-7-6-13-5-4-8-16-13/h4-5,8,11-12,14H,6-7,9-10H2,1-3H3. The van der Waals surface area contributed by atoms with E-state index in [1.54, 1.807) is 0 Å². The molecule has 1 aromatic rings. The molecule has 1 nitrogen and oxygen atoms in total. The lowest BCUT2D eigenvalue weighted by molar-refractivity contribution is 0.598. The second kappa shape index (κ2) is 8.15. The number of hydrogen-bond acceptors (Lipinski definition) is 3.